The number of rotatable bonds is 10. The minimum absolute atomic E-state index is 0.132. The topological polar surface area (TPSA) is 32.3 Å². The maximum Gasteiger partial charge on any atom is 0.177 e. The maximum absolute atomic E-state index is 13.4. The Hall–Kier alpha value is -2.49. The Morgan fingerprint density at radius 3 is 2.55 bits per heavy atom. The van der Waals surface area contributed by atoms with Gasteiger partial charge in [-0.05, 0) is 61.9 Å². The number of hydrogen-bond donors (Lipinski definition) is 1. The van der Waals surface area contributed by atoms with Crippen molar-refractivity contribution in [1.29, 1.82) is 0 Å². The van der Waals surface area contributed by atoms with E-state index in [9.17, 15) is 4.79 Å². The van der Waals surface area contributed by atoms with Crippen LogP contribution in [0.25, 0.3) is 0 Å². The molecule has 0 bridgehead atoms. The fourth-order valence-electron chi connectivity index (χ4n) is 4.56. The predicted octanol–water partition coefficient (Wildman–Crippen LogP) is 5.42. The maximum atomic E-state index is 13.4. The zero-order valence-corrected chi connectivity index (χ0v) is 19.0. The molecule has 3 rings (SSSR count). The molecule has 0 amide bonds. The van der Waals surface area contributed by atoms with Crippen LogP contribution in [-0.2, 0) is 11.3 Å². The normalized spacial score (nSPS) is 16.8. The van der Waals surface area contributed by atoms with Crippen molar-refractivity contribution in [2.45, 2.75) is 51.6 Å². The van der Waals surface area contributed by atoms with Gasteiger partial charge < -0.3 is 5.32 Å². The third kappa shape index (κ3) is 6.49. The molecule has 0 radical (unpaired) electrons. The van der Waals surface area contributed by atoms with Crippen molar-refractivity contribution in [1.82, 2.24) is 10.2 Å². The van der Waals surface area contributed by atoms with Crippen molar-refractivity contribution in [3.63, 3.8) is 0 Å². The minimum Gasteiger partial charge on any atom is -0.311 e. The summed E-state index contributed by atoms with van der Waals surface area (Å²) in [6.45, 7) is 11.3. The molecule has 3 heteroatoms. The van der Waals surface area contributed by atoms with Crippen molar-refractivity contribution in [3.8, 4) is 0 Å². The average molecular weight is 417 g/mol. The van der Waals surface area contributed by atoms with Crippen LogP contribution in [0.1, 0.15) is 48.8 Å². The lowest BCUT2D eigenvalue weighted by atomic mass is 9.88. The number of benzene rings is 2. The molecule has 0 spiro atoms. The quantitative estimate of drug-likeness (QED) is 0.414. The van der Waals surface area contributed by atoms with E-state index in [4.69, 9.17) is 0 Å². The molecule has 1 aliphatic rings. The van der Waals surface area contributed by atoms with Gasteiger partial charge in [-0.15, -0.1) is 0 Å². The molecule has 1 saturated heterocycles. The van der Waals surface area contributed by atoms with E-state index in [0.717, 1.165) is 44.5 Å². The predicted molar refractivity (Wildman–Crippen MR) is 130 cm³/mol. The number of allylic oxidation sites excluding steroid dienone is 2. The summed E-state index contributed by atoms with van der Waals surface area (Å²) >= 11 is 0. The largest absolute Gasteiger partial charge is 0.311 e. The first-order chi connectivity index (χ1) is 15.1. The van der Waals surface area contributed by atoms with Crippen LogP contribution in [0.3, 0.4) is 0 Å². The third-order valence-electron chi connectivity index (χ3n) is 6.31. The molecule has 3 nitrogen and oxygen atoms in total. The van der Waals surface area contributed by atoms with E-state index in [1.54, 1.807) is 6.08 Å². The van der Waals surface area contributed by atoms with Crippen LogP contribution >= 0.6 is 0 Å². The molecular weight excluding hydrogens is 380 g/mol. The van der Waals surface area contributed by atoms with Crippen LogP contribution in [0, 0.1) is 6.92 Å². The number of carbonyl (C=O) groups is 1. The van der Waals surface area contributed by atoms with E-state index in [1.165, 1.54) is 16.7 Å². The average Bonchev–Trinajstić information content (AvgIpc) is 2.81. The Morgan fingerprint density at radius 1 is 1.16 bits per heavy atom. The van der Waals surface area contributed by atoms with E-state index in [0.29, 0.717) is 12.5 Å². The Morgan fingerprint density at radius 2 is 1.90 bits per heavy atom. The first-order valence-electron chi connectivity index (χ1n) is 11.5. The summed E-state index contributed by atoms with van der Waals surface area (Å²) < 4.78 is 0. The van der Waals surface area contributed by atoms with E-state index < -0.39 is 0 Å². The van der Waals surface area contributed by atoms with Gasteiger partial charge in [-0.2, -0.15) is 0 Å². The highest BCUT2D eigenvalue weighted by molar-refractivity contribution is 5.99. The Labute approximate surface area is 187 Å². The molecule has 1 fully saturated rings. The van der Waals surface area contributed by atoms with E-state index >= 15 is 0 Å². The van der Waals surface area contributed by atoms with E-state index in [1.807, 2.05) is 13.0 Å². The Kier molecular flexibility index (Phi) is 8.81. The molecule has 164 valence electrons. The van der Waals surface area contributed by atoms with Gasteiger partial charge in [0.05, 0.1) is 6.04 Å². The smallest absolute Gasteiger partial charge is 0.177 e. The molecule has 2 aromatic carbocycles. The van der Waals surface area contributed by atoms with Gasteiger partial charge in [-0.3, -0.25) is 9.69 Å². The number of aryl methyl sites for hydroxylation is 1. The van der Waals surface area contributed by atoms with Crippen LogP contribution < -0.4 is 5.32 Å². The number of carbonyl (C=O) groups excluding carboxylic acids is 1. The molecule has 1 N–H and O–H groups in total. The fourth-order valence-corrected chi connectivity index (χ4v) is 4.56. The van der Waals surface area contributed by atoms with Gasteiger partial charge in [0.25, 0.3) is 0 Å². The van der Waals surface area contributed by atoms with Gasteiger partial charge in [-0.1, -0.05) is 85.8 Å². The monoisotopic (exact) mass is 416 g/mol. The standard InChI is InChI=1S/C28H36N2O/c1-4-10-24(5-2)28(31)27(21-29-20-23-12-9-11-22(3)19-23)30-17-15-26(16-18-30)25-13-7-6-8-14-25/h4,6-14,19,26-27,29H,1,5,15-18,20-21H2,2-3H3/b24-10+. The first-order valence-corrected chi connectivity index (χ1v) is 11.5. The molecule has 0 aromatic heterocycles. The number of piperidine rings is 1. The molecule has 2 aromatic rings. The van der Waals surface area contributed by atoms with Gasteiger partial charge in [0, 0.05) is 13.1 Å². The highest BCUT2D eigenvalue weighted by Gasteiger charge is 2.31. The number of nitrogens with zero attached hydrogens (tertiary/aromatic N) is 1. The number of likely N-dealkylation sites (tertiary alicyclic amines) is 1. The Bertz CT molecular complexity index is 879. The summed E-state index contributed by atoms with van der Waals surface area (Å²) in [6, 6.07) is 19.2. The highest BCUT2D eigenvalue weighted by atomic mass is 16.1. The molecule has 1 heterocycles. The summed E-state index contributed by atoms with van der Waals surface area (Å²) in [4.78, 5) is 15.8. The van der Waals surface area contributed by atoms with Crippen molar-refractivity contribution in [2.24, 2.45) is 0 Å². The van der Waals surface area contributed by atoms with Gasteiger partial charge in [0.15, 0.2) is 5.78 Å². The number of hydrogen-bond acceptors (Lipinski definition) is 3. The minimum atomic E-state index is -0.132. The highest BCUT2D eigenvalue weighted by Crippen LogP contribution is 2.29. The van der Waals surface area contributed by atoms with Crippen LogP contribution in [0.5, 0.6) is 0 Å². The van der Waals surface area contributed by atoms with Gasteiger partial charge in [0.2, 0.25) is 0 Å². The van der Waals surface area contributed by atoms with Gasteiger partial charge >= 0.3 is 0 Å². The van der Waals surface area contributed by atoms with Crippen LogP contribution in [0.15, 0.2) is 78.9 Å². The van der Waals surface area contributed by atoms with Gasteiger partial charge in [-0.25, -0.2) is 0 Å². The zero-order valence-electron chi connectivity index (χ0n) is 19.0. The third-order valence-corrected chi connectivity index (χ3v) is 6.31. The lowest BCUT2D eigenvalue weighted by Gasteiger charge is -2.37. The second-order valence-corrected chi connectivity index (χ2v) is 8.50. The van der Waals surface area contributed by atoms with Crippen molar-refractivity contribution in [3.05, 3.63) is 95.6 Å². The molecular formula is C28H36N2O. The number of ketones is 1. The summed E-state index contributed by atoms with van der Waals surface area (Å²) in [5.74, 6) is 0.820. The lowest BCUT2D eigenvalue weighted by molar-refractivity contribution is -0.121. The fraction of sp³-hybridized carbons (Fsp3) is 0.393. The summed E-state index contributed by atoms with van der Waals surface area (Å²) in [5, 5.41) is 3.56. The van der Waals surface area contributed by atoms with E-state index in [-0.39, 0.29) is 11.8 Å². The SMILES string of the molecule is C=C/C=C(\CC)C(=O)C(CNCc1cccc(C)c1)N1CCC(c2ccccc2)CC1. The molecule has 1 aliphatic heterocycles. The summed E-state index contributed by atoms with van der Waals surface area (Å²) in [7, 11) is 0. The van der Waals surface area contributed by atoms with Gasteiger partial charge in [0.1, 0.15) is 0 Å². The second kappa shape index (κ2) is 11.8. The van der Waals surface area contributed by atoms with Crippen molar-refractivity contribution in [2.75, 3.05) is 19.6 Å². The van der Waals surface area contributed by atoms with Crippen LogP contribution in [0.2, 0.25) is 0 Å². The second-order valence-electron chi connectivity index (χ2n) is 8.50. The molecule has 1 unspecified atom stereocenters. The molecule has 0 aliphatic carbocycles. The zero-order chi connectivity index (χ0) is 22.1. The number of nitrogens with one attached hydrogen (secondary N) is 1. The van der Waals surface area contributed by atoms with Crippen molar-refractivity contribution >= 4 is 5.78 Å². The summed E-state index contributed by atoms with van der Waals surface area (Å²) in [5.41, 5.74) is 4.80. The number of Topliss-reactive ketones (excluding diaryl/α,β-unsaturated/α-hetero) is 1. The molecule has 0 saturated carbocycles. The van der Waals surface area contributed by atoms with Crippen LogP contribution in [-0.4, -0.2) is 36.4 Å². The van der Waals surface area contributed by atoms with Crippen LogP contribution in [0.4, 0.5) is 0 Å². The van der Waals surface area contributed by atoms with Crippen molar-refractivity contribution < 1.29 is 4.79 Å². The lowest BCUT2D eigenvalue weighted by Crippen LogP contribution is -2.50. The summed E-state index contributed by atoms with van der Waals surface area (Å²) in [6.07, 6.45) is 6.54. The Balaban J connectivity index is 1.67. The first kappa shape index (κ1) is 23.2. The van der Waals surface area contributed by atoms with E-state index in [2.05, 4.69) is 78.3 Å². The molecule has 1 atom stereocenters. The molecule has 31 heavy (non-hydrogen) atoms.